The maximum Gasteiger partial charge on any atom is 0.273 e. The predicted octanol–water partition coefficient (Wildman–Crippen LogP) is 3.81. The van der Waals surface area contributed by atoms with Crippen LogP contribution in [0.1, 0.15) is 28.5 Å². The average molecular weight is 333 g/mol. The SMILES string of the molecule is CCN(Cc1ccccc1C)C(=O)c1ncccc1Br. The van der Waals surface area contributed by atoms with Gasteiger partial charge in [0.05, 0.1) is 0 Å². The molecule has 0 saturated carbocycles. The number of aryl methyl sites for hydroxylation is 1. The second-order valence-electron chi connectivity index (χ2n) is 4.58. The average Bonchev–Trinajstić information content (AvgIpc) is 2.46. The molecule has 0 unspecified atom stereocenters. The summed E-state index contributed by atoms with van der Waals surface area (Å²) in [5, 5.41) is 0. The van der Waals surface area contributed by atoms with Gasteiger partial charge < -0.3 is 4.90 Å². The summed E-state index contributed by atoms with van der Waals surface area (Å²) in [6.45, 7) is 5.29. The van der Waals surface area contributed by atoms with Gasteiger partial charge in [-0.05, 0) is 53.0 Å². The fourth-order valence-corrected chi connectivity index (χ4v) is 2.44. The van der Waals surface area contributed by atoms with Crippen LogP contribution in [0.3, 0.4) is 0 Å². The molecule has 0 radical (unpaired) electrons. The maximum absolute atomic E-state index is 12.5. The number of hydrogen-bond donors (Lipinski definition) is 0. The van der Waals surface area contributed by atoms with Gasteiger partial charge in [-0.15, -0.1) is 0 Å². The fourth-order valence-electron chi connectivity index (χ4n) is 2.01. The molecule has 0 aliphatic heterocycles. The van der Waals surface area contributed by atoms with Crippen molar-refractivity contribution >= 4 is 21.8 Å². The number of rotatable bonds is 4. The van der Waals surface area contributed by atoms with E-state index in [9.17, 15) is 4.79 Å². The Balaban J connectivity index is 2.23. The molecule has 1 amide bonds. The van der Waals surface area contributed by atoms with Gasteiger partial charge in [0.2, 0.25) is 0 Å². The molecule has 20 heavy (non-hydrogen) atoms. The molecule has 3 nitrogen and oxygen atoms in total. The van der Waals surface area contributed by atoms with Gasteiger partial charge in [-0.1, -0.05) is 24.3 Å². The first-order chi connectivity index (χ1) is 9.63. The van der Waals surface area contributed by atoms with E-state index in [1.165, 1.54) is 5.56 Å². The van der Waals surface area contributed by atoms with Gasteiger partial charge in [-0.2, -0.15) is 0 Å². The number of benzene rings is 1. The molecule has 2 rings (SSSR count). The number of halogens is 1. The smallest absolute Gasteiger partial charge is 0.273 e. The standard InChI is InChI=1S/C16H17BrN2O/c1-3-19(11-13-8-5-4-7-12(13)2)16(20)15-14(17)9-6-10-18-15/h4-10H,3,11H2,1-2H3. The van der Waals surface area contributed by atoms with Crippen molar-refractivity contribution < 1.29 is 4.79 Å². The largest absolute Gasteiger partial charge is 0.333 e. The van der Waals surface area contributed by atoms with Gasteiger partial charge in [0.1, 0.15) is 5.69 Å². The van der Waals surface area contributed by atoms with Crippen LogP contribution in [0, 0.1) is 6.92 Å². The van der Waals surface area contributed by atoms with Crippen molar-refractivity contribution in [2.45, 2.75) is 20.4 Å². The van der Waals surface area contributed by atoms with Crippen molar-refractivity contribution in [3.05, 3.63) is 63.9 Å². The van der Waals surface area contributed by atoms with Crippen LogP contribution >= 0.6 is 15.9 Å². The van der Waals surface area contributed by atoms with Crippen LogP contribution < -0.4 is 0 Å². The highest BCUT2D eigenvalue weighted by Gasteiger charge is 2.18. The van der Waals surface area contributed by atoms with E-state index < -0.39 is 0 Å². The summed E-state index contributed by atoms with van der Waals surface area (Å²) in [5.74, 6) is -0.0526. The van der Waals surface area contributed by atoms with E-state index in [2.05, 4.69) is 40.0 Å². The molecule has 1 aromatic heterocycles. The molecular weight excluding hydrogens is 316 g/mol. The summed E-state index contributed by atoms with van der Waals surface area (Å²) < 4.78 is 0.730. The molecule has 104 valence electrons. The number of hydrogen-bond acceptors (Lipinski definition) is 2. The Morgan fingerprint density at radius 2 is 2.00 bits per heavy atom. The van der Waals surface area contributed by atoms with Gasteiger partial charge in [-0.25, -0.2) is 4.98 Å². The summed E-state index contributed by atoms with van der Waals surface area (Å²) >= 11 is 3.38. The minimum atomic E-state index is -0.0526. The number of amides is 1. The molecule has 2 aromatic rings. The zero-order valence-corrected chi connectivity index (χ0v) is 13.2. The van der Waals surface area contributed by atoms with Gasteiger partial charge in [0.25, 0.3) is 5.91 Å². The van der Waals surface area contributed by atoms with Crippen LogP contribution in [-0.4, -0.2) is 22.3 Å². The van der Waals surface area contributed by atoms with Gasteiger partial charge in [0, 0.05) is 23.8 Å². The molecule has 0 N–H and O–H groups in total. The highest BCUT2D eigenvalue weighted by Crippen LogP contribution is 2.17. The normalized spacial score (nSPS) is 10.3. The van der Waals surface area contributed by atoms with E-state index in [-0.39, 0.29) is 5.91 Å². The minimum absolute atomic E-state index is 0.0526. The molecule has 0 spiro atoms. The monoisotopic (exact) mass is 332 g/mol. The zero-order valence-electron chi connectivity index (χ0n) is 11.6. The summed E-state index contributed by atoms with van der Waals surface area (Å²) in [6, 6.07) is 11.8. The first-order valence-corrected chi connectivity index (χ1v) is 7.37. The summed E-state index contributed by atoms with van der Waals surface area (Å²) in [6.07, 6.45) is 1.64. The minimum Gasteiger partial charge on any atom is -0.333 e. The topological polar surface area (TPSA) is 33.2 Å². The predicted molar refractivity (Wildman–Crippen MR) is 83.5 cm³/mol. The van der Waals surface area contributed by atoms with E-state index in [1.54, 1.807) is 17.2 Å². The fraction of sp³-hybridized carbons (Fsp3) is 0.250. The van der Waals surface area contributed by atoms with Crippen molar-refractivity contribution in [3.63, 3.8) is 0 Å². The first kappa shape index (κ1) is 14.7. The second-order valence-corrected chi connectivity index (χ2v) is 5.43. The highest BCUT2D eigenvalue weighted by molar-refractivity contribution is 9.10. The third-order valence-corrected chi connectivity index (χ3v) is 3.89. The Morgan fingerprint density at radius 1 is 1.25 bits per heavy atom. The molecule has 1 heterocycles. The van der Waals surface area contributed by atoms with Crippen LogP contribution in [0.4, 0.5) is 0 Å². The Kier molecular flexibility index (Phi) is 4.90. The van der Waals surface area contributed by atoms with Crippen molar-refractivity contribution in [1.29, 1.82) is 0 Å². The maximum atomic E-state index is 12.5. The van der Waals surface area contributed by atoms with Gasteiger partial charge >= 0.3 is 0 Å². The molecule has 4 heteroatoms. The van der Waals surface area contributed by atoms with E-state index >= 15 is 0 Å². The van der Waals surface area contributed by atoms with E-state index in [1.807, 2.05) is 25.1 Å². The second kappa shape index (κ2) is 6.66. The molecule has 0 aliphatic carbocycles. The van der Waals surface area contributed by atoms with E-state index in [4.69, 9.17) is 0 Å². The van der Waals surface area contributed by atoms with E-state index in [0.717, 1.165) is 10.0 Å². The number of nitrogens with zero attached hydrogens (tertiary/aromatic N) is 2. The van der Waals surface area contributed by atoms with Crippen LogP contribution in [-0.2, 0) is 6.54 Å². The quantitative estimate of drug-likeness (QED) is 0.852. The lowest BCUT2D eigenvalue weighted by molar-refractivity contribution is 0.0745. The molecule has 0 saturated heterocycles. The van der Waals surface area contributed by atoms with E-state index in [0.29, 0.717) is 18.8 Å². The lowest BCUT2D eigenvalue weighted by Gasteiger charge is -2.22. The van der Waals surface area contributed by atoms with Crippen LogP contribution in [0.5, 0.6) is 0 Å². The Labute approximate surface area is 127 Å². The first-order valence-electron chi connectivity index (χ1n) is 6.57. The van der Waals surface area contributed by atoms with Crippen molar-refractivity contribution in [2.24, 2.45) is 0 Å². The molecule has 0 aliphatic rings. The number of aromatic nitrogens is 1. The third-order valence-electron chi connectivity index (χ3n) is 3.25. The molecular formula is C16H17BrN2O. The lowest BCUT2D eigenvalue weighted by Crippen LogP contribution is -2.31. The van der Waals surface area contributed by atoms with Gasteiger partial charge in [0.15, 0.2) is 0 Å². The number of carbonyl (C=O) groups excluding carboxylic acids is 1. The Hall–Kier alpha value is -1.68. The summed E-state index contributed by atoms with van der Waals surface area (Å²) in [4.78, 5) is 18.5. The van der Waals surface area contributed by atoms with Crippen molar-refractivity contribution in [1.82, 2.24) is 9.88 Å². The molecule has 0 bridgehead atoms. The lowest BCUT2D eigenvalue weighted by atomic mass is 10.1. The van der Waals surface area contributed by atoms with Crippen LogP contribution in [0.2, 0.25) is 0 Å². The Bertz CT molecular complexity index is 613. The summed E-state index contributed by atoms with van der Waals surface area (Å²) in [7, 11) is 0. The van der Waals surface area contributed by atoms with Crippen molar-refractivity contribution in [3.8, 4) is 0 Å². The number of pyridine rings is 1. The number of carbonyl (C=O) groups is 1. The highest BCUT2D eigenvalue weighted by atomic mass is 79.9. The third kappa shape index (κ3) is 3.25. The Morgan fingerprint density at radius 3 is 2.65 bits per heavy atom. The van der Waals surface area contributed by atoms with Gasteiger partial charge in [-0.3, -0.25) is 4.79 Å². The van der Waals surface area contributed by atoms with Crippen LogP contribution in [0.25, 0.3) is 0 Å². The molecule has 1 aromatic carbocycles. The zero-order chi connectivity index (χ0) is 14.5. The molecule has 0 fully saturated rings. The summed E-state index contributed by atoms with van der Waals surface area (Å²) in [5.41, 5.74) is 2.82. The molecule has 0 atom stereocenters. The van der Waals surface area contributed by atoms with Crippen molar-refractivity contribution in [2.75, 3.05) is 6.54 Å². The van der Waals surface area contributed by atoms with Crippen LogP contribution in [0.15, 0.2) is 47.1 Å².